The maximum absolute atomic E-state index is 12.6. The number of hydrogen-bond acceptors (Lipinski definition) is 8. The van der Waals surface area contributed by atoms with Crippen LogP contribution in [0.3, 0.4) is 0 Å². The van der Waals surface area contributed by atoms with Gasteiger partial charge in [-0.2, -0.15) is 4.68 Å². The molecule has 9 nitrogen and oxygen atoms in total. The van der Waals surface area contributed by atoms with E-state index in [2.05, 4.69) is 44.6 Å². The summed E-state index contributed by atoms with van der Waals surface area (Å²) in [5.74, 6) is 0.652. The Morgan fingerprint density at radius 1 is 1.26 bits per heavy atom. The summed E-state index contributed by atoms with van der Waals surface area (Å²) >= 11 is 1.33. The molecule has 27 heavy (non-hydrogen) atoms. The first kappa shape index (κ1) is 17.6. The molecule has 10 heteroatoms. The minimum atomic E-state index is -0.223. The molecular weight excluding hydrogens is 366 g/mol. The van der Waals surface area contributed by atoms with Gasteiger partial charge in [0.25, 0.3) is 5.91 Å². The maximum atomic E-state index is 12.6. The molecule has 1 aliphatic heterocycles. The first-order valence-electron chi connectivity index (χ1n) is 8.59. The average Bonchev–Trinajstić information content (AvgIpc) is 3.33. The summed E-state index contributed by atoms with van der Waals surface area (Å²) in [6, 6.07) is 5.57. The van der Waals surface area contributed by atoms with Crippen LogP contribution in [-0.4, -0.2) is 56.4 Å². The van der Waals surface area contributed by atoms with Crippen molar-refractivity contribution in [2.75, 3.05) is 23.3 Å². The number of thiophene rings is 1. The van der Waals surface area contributed by atoms with E-state index < -0.39 is 0 Å². The van der Waals surface area contributed by atoms with Gasteiger partial charge >= 0.3 is 0 Å². The maximum Gasteiger partial charge on any atom is 0.268 e. The largest absolute Gasteiger partial charge is 0.372 e. The van der Waals surface area contributed by atoms with E-state index in [-0.39, 0.29) is 18.1 Å². The van der Waals surface area contributed by atoms with Gasteiger partial charge in [-0.05, 0) is 47.9 Å². The fourth-order valence-corrected chi connectivity index (χ4v) is 3.90. The molecule has 0 bridgehead atoms. The number of anilines is 2. The lowest BCUT2D eigenvalue weighted by atomic mass is 10.2. The number of nitrogens with one attached hydrogen (secondary N) is 1. The molecule has 0 unspecified atom stereocenters. The van der Waals surface area contributed by atoms with Crippen molar-refractivity contribution in [3.63, 3.8) is 0 Å². The Labute approximate surface area is 160 Å². The lowest BCUT2D eigenvalue weighted by Crippen LogP contribution is -2.45. The van der Waals surface area contributed by atoms with Gasteiger partial charge in [-0.25, -0.2) is 4.98 Å². The predicted molar refractivity (Wildman–Crippen MR) is 101 cm³/mol. The zero-order chi connectivity index (χ0) is 18.8. The Morgan fingerprint density at radius 3 is 2.74 bits per heavy atom. The number of tetrazole rings is 1. The van der Waals surface area contributed by atoms with E-state index in [4.69, 9.17) is 4.74 Å². The normalized spacial score (nSPS) is 19.9. The van der Waals surface area contributed by atoms with Crippen LogP contribution in [0.5, 0.6) is 0 Å². The molecule has 0 spiro atoms. The van der Waals surface area contributed by atoms with Crippen molar-refractivity contribution in [1.82, 2.24) is 25.2 Å². The van der Waals surface area contributed by atoms with Gasteiger partial charge < -0.3 is 15.0 Å². The van der Waals surface area contributed by atoms with Crippen molar-refractivity contribution < 1.29 is 9.53 Å². The Hall–Kier alpha value is -2.85. The van der Waals surface area contributed by atoms with Gasteiger partial charge in [0.15, 0.2) is 0 Å². The van der Waals surface area contributed by atoms with Gasteiger partial charge in [-0.15, -0.1) is 16.4 Å². The van der Waals surface area contributed by atoms with Gasteiger partial charge in [-0.1, -0.05) is 0 Å². The van der Waals surface area contributed by atoms with Crippen molar-refractivity contribution in [3.05, 3.63) is 41.0 Å². The molecule has 1 N–H and O–H groups in total. The van der Waals surface area contributed by atoms with Crippen molar-refractivity contribution in [2.45, 2.75) is 26.1 Å². The minimum absolute atomic E-state index is 0.165. The highest BCUT2D eigenvalue weighted by molar-refractivity contribution is 7.12. The predicted octanol–water partition coefficient (Wildman–Crippen LogP) is 1.98. The van der Waals surface area contributed by atoms with Crippen LogP contribution in [0.1, 0.15) is 23.5 Å². The first-order valence-corrected chi connectivity index (χ1v) is 9.47. The van der Waals surface area contributed by atoms with Crippen molar-refractivity contribution in [3.8, 4) is 5.69 Å². The standard InChI is InChI=1S/C17H19N7O2S/c1-11-8-23(9-12(2)26-11)15-4-3-13(7-18-15)20-17(25)16-14(5-6-27-16)24-10-19-21-22-24/h3-7,10-12H,8-9H2,1-2H3,(H,20,25)/t11-,12+. The SMILES string of the molecule is C[C@@H]1CN(c2ccc(NC(=O)c3sccc3-n3cnnn3)cn2)C[C@H](C)O1. The number of ether oxygens (including phenoxy) is 1. The van der Waals surface area contributed by atoms with Gasteiger partial charge in [0.05, 0.1) is 29.8 Å². The molecule has 1 aliphatic rings. The summed E-state index contributed by atoms with van der Waals surface area (Å²) in [6.45, 7) is 5.71. The van der Waals surface area contributed by atoms with E-state index in [0.717, 1.165) is 18.9 Å². The summed E-state index contributed by atoms with van der Waals surface area (Å²) in [7, 11) is 0. The molecule has 1 saturated heterocycles. The van der Waals surface area contributed by atoms with Crippen molar-refractivity contribution in [1.29, 1.82) is 0 Å². The topological polar surface area (TPSA) is 98.1 Å². The monoisotopic (exact) mass is 385 g/mol. The molecule has 0 aliphatic carbocycles. The molecule has 0 aromatic carbocycles. The smallest absolute Gasteiger partial charge is 0.268 e. The summed E-state index contributed by atoms with van der Waals surface area (Å²) in [4.78, 5) is 19.8. The Bertz CT molecular complexity index is 900. The number of carbonyl (C=O) groups is 1. The van der Waals surface area contributed by atoms with Crippen molar-refractivity contribution in [2.24, 2.45) is 0 Å². The van der Waals surface area contributed by atoms with Gasteiger partial charge in [0.2, 0.25) is 0 Å². The molecule has 1 amide bonds. The number of hydrogen-bond donors (Lipinski definition) is 1. The van der Waals surface area contributed by atoms with Crippen LogP contribution in [0.4, 0.5) is 11.5 Å². The third-order valence-corrected chi connectivity index (χ3v) is 5.10. The highest BCUT2D eigenvalue weighted by Gasteiger charge is 2.23. The lowest BCUT2D eigenvalue weighted by Gasteiger charge is -2.36. The minimum Gasteiger partial charge on any atom is -0.372 e. The van der Waals surface area contributed by atoms with Crippen LogP contribution < -0.4 is 10.2 Å². The highest BCUT2D eigenvalue weighted by atomic mass is 32.1. The fraction of sp³-hybridized carbons (Fsp3) is 0.353. The van der Waals surface area contributed by atoms with E-state index >= 15 is 0 Å². The molecule has 0 saturated carbocycles. The number of nitrogens with zero attached hydrogens (tertiary/aromatic N) is 6. The second-order valence-corrected chi connectivity index (χ2v) is 7.33. The molecule has 1 fully saturated rings. The highest BCUT2D eigenvalue weighted by Crippen LogP contribution is 2.23. The van der Waals surface area contributed by atoms with Crippen LogP contribution in [-0.2, 0) is 4.74 Å². The molecule has 0 radical (unpaired) electrons. The number of amides is 1. The van der Waals surface area contributed by atoms with Crippen molar-refractivity contribution >= 4 is 28.7 Å². The Kier molecular flexibility index (Phi) is 4.82. The van der Waals surface area contributed by atoms with Crippen LogP contribution in [0.25, 0.3) is 5.69 Å². The summed E-state index contributed by atoms with van der Waals surface area (Å²) in [6.07, 6.45) is 3.46. The van der Waals surface area contributed by atoms with Crippen LogP contribution >= 0.6 is 11.3 Å². The molecular formula is C17H19N7O2S. The molecule has 140 valence electrons. The summed E-state index contributed by atoms with van der Waals surface area (Å²) in [5, 5.41) is 15.8. The quantitative estimate of drug-likeness (QED) is 0.733. The molecule has 4 rings (SSSR count). The Balaban J connectivity index is 1.46. The van der Waals surface area contributed by atoms with Crippen LogP contribution in [0, 0.1) is 0 Å². The third-order valence-electron chi connectivity index (χ3n) is 4.20. The summed E-state index contributed by atoms with van der Waals surface area (Å²) in [5.41, 5.74) is 1.28. The van der Waals surface area contributed by atoms with E-state index in [9.17, 15) is 4.79 Å². The molecule has 3 aromatic heterocycles. The number of aromatic nitrogens is 5. The molecule has 2 atom stereocenters. The number of morpholine rings is 1. The zero-order valence-corrected chi connectivity index (χ0v) is 15.8. The van der Waals surface area contributed by atoms with Gasteiger partial charge in [0.1, 0.15) is 17.0 Å². The van der Waals surface area contributed by atoms with E-state index in [1.807, 2.05) is 17.5 Å². The lowest BCUT2D eigenvalue weighted by molar-refractivity contribution is -0.00545. The van der Waals surface area contributed by atoms with Crippen LogP contribution in [0.2, 0.25) is 0 Å². The first-order chi connectivity index (χ1) is 13.1. The third kappa shape index (κ3) is 3.81. The zero-order valence-electron chi connectivity index (χ0n) is 14.9. The second kappa shape index (κ2) is 7.41. The molecule has 3 aromatic rings. The second-order valence-electron chi connectivity index (χ2n) is 6.41. The molecule has 4 heterocycles. The van der Waals surface area contributed by atoms with E-state index in [1.165, 1.54) is 22.3 Å². The fourth-order valence-electron chi connectivity index (χ4n) is 3.12. The number of rotatable bonds is 4. The Morgan fingerprint density at radius 2 is 2.07 bits per heavy atom. The van der Waals surface area contributed by atoms with Gasteiger partial charge in [-0.3, -0.25) is 4.79 Å². The number of pyridine rings is 1. The number of carbonyl (C=O) groups excluding carboxylic acids is 1. The van der Waals surface area contributed by atoms with Crippen LogP contribution in [0.15, 0.2) is 36.1 Å². The van der Waals surface area contributed by atoms with E-state index in [1.54, 1.807) is 12.3 Å². The average molecular weight is 385 g/mol. The van der Waals surface area contributed by atoms with E-state index in [0.29, 0.717) is 16.3 Å². The van der Waals surface area contributed by atoms with Gasteiger partial charge in [0, 0.05) is 13.1 Å². The summed E-state index contributed by atoms with van der Waals surface area (Å²) < 4.78 is 7.22.